The first-order valence-corrected chi connectivity index (χ1v) is 10.9. The molecule has 0 saturated carbocycles. The summed E-state index contributed by atoms with van der Waals surface area (Å²) in [4.78, 5) is 34.3. The Hall–Kier alpha value is -3.13. The van der Waals surface area contributed by atoms with Crippen molar-refractivity contribution in [2.75, 3.05) is 37.7 Å². The number of carbonyl (C=O) groups excluding carboxylic acids is 2. The van der Waals surface area contributed by atoms with E-state index in [1.54, 1.807) is 19.1 Å². The Labute approximate surface area is 190 Å². The zero-order chi connectivity index (χ0) is 22.7. The average Bonchev–Trinajstić information content (AvgIpc) is 2.80. The molecule has 2 aromatic carbocycles. The van der Waals surface area contributed by atoms with Crippen molar-refractivity contribution >= 4 is 35.1 Å². The second-order valence-corrected chi connectivity index (χ2v) is 8.06. The lowest BCUT2D eigenvalue weighted by Gasteiger charge is -2.39. The van der Waals surface area contributed by atoms with Crippen molar-refractivity contribution in [1.82, 2.24) is 10.2 Å². The van der Waals surface area contributed by atoms with Crippen LogP contribution in [0.4, 0.5) is 10.1 Å². The number of halogens is 2. The second-order valence-electron chi connectivity index (χ2n) is 7.62. The van der Waals surface area contributed by atoms with Gasteiger partial charge in [-0.2, -0.15) is 0 Å². The summed E-state index contributed by atoms with van der Waals surface area (Å²) >= 11 is 5.98. The Kier molecular flexibility index (Phi) is 6.60. The van der Waals surface area contributed by atoms with Gasteiger partial charge in [-0.15, -0.1) is 0 Å². The van der Waals surface area contributed by atoms with Crippen LogP contribution in [-0.4, -0.2) is 55.5 Å². The molecule has 168 valence electrons. The highest BCUT2D eigenvalue weighted by Gasteiger charge is 2.42. The Morgan fingerprint density at radius 1 is 1.09 bits per heavy atom. The molecule has 1 fully saturated rings. The molecule has 9 heteroatoms. The lowest BCUT2D eigenvalue weighted by Crippen LogP contribution is -2.57. The van der Waals surface area contributed by atoms with E-state index in [9.17, 15) is 14.0 Å². The number of guanidine groups is 1. The monoisotopic (exact) mass is 458 g/mol. The van der Waals surface area contributed by atoms with Gasteiger partial charge in [0, 0.05) is 36.9 Å². The molecular formula is C23H24ClFN4O3. The van der Waals surface area contributed by atoms with E-state index in [4.69, 9.17) is 21.3 Å². The van der Waals surface area contributed by atoms with E-state index in [0.29, 0.717) is 29.6 Å². The molecule has 0 aliphatic carbocycles. The van der Waals surface area contributed by atoms with Crippen LogP contribution in [-0.2, 0) is 14.3 Å². The minimum Gasteiger partial charge on any atom is -0.465 e. The number of nitrogens with zero attached hydrogens (tertiary/aromatic N) is 3. The van der Waals surface area contributed by atoms with Gasteiger partial charge >= 0.3 is 5.97 Å². The van der Waals surface area contributed by atoms with Gasteiger partial charge in [0.05, 0.1) is 6.61 Å². The van der Waals surface area contributed by atoms with Gasteiger partial charge < -0.3 is 14.5 Å². The molecule has 2 heterocycles. The van der Waals surface area contributed by atoms with Crippen molar-refractivity contribution in [2.24, 2.45) is 10.9 Å². The highest BCUT2D eigenvalue weighted by molar-refractivity contribution is 6.30. The van der Waals surface area contributed by atoms with E-state index in [2.05, 4.69) is 10.2 Å². The highest BCUT2D eigenvalue weighted by atomic mass is 35.5. The van der Waals surface area contributed by atoms with Gasteiger partial charge in [0.15, 0.2) is 5.92 Å². The molecule has 2 atom stereocenters. The number of benzene rings is 2. The highest BCUT2D eigenvalue weighted by Crippen LogP contribution is 2.31. The van der Waals surface area contributed by atoms with E-state index in [1.807, 2.05) is 29.2 Å². The molecule has 2 aromatic rings. The van der Waals surface area contributed by atoms with E-state index in [1.165, 1.54) is 12.1 Å². The average molecular weight is 459 g/mol. The quantitative estimate of drug-likeness (QED) is 0.563. The van der Waals surface area contributed by atoms with Crippen LogP contribution in [0.3, 0.4) is 0 Å². The number of aliphatic imine (C=N–C) groups is 1. The maximum atomic E-state index is 13.4. The Balaban J connectivity index is 1.55. The minimum absolute atomic E-state index is 0.155. The molecule has 0 spiro atoms. The molecule has 2 aliphatic heterocycles. The van der Waals surface area contributed by atoms with Crippen molar-refractivity contribution in [3.05, 3.63) is 64.9 Å². The van der Waals surface area contributed by atoms with E-state index in [0.717, 1.165) is 18.8 Å². The van der Waals surface area contributed by atoms with Crippen molar-refractivity contribution in [3.8, 4) is 0 Å². The van der Waals surface area contributed by atoms with Crippen LogP contribution in [0.15, 0.2) is 53.5 Å². The SMILES string of the molecule is CCOC(=O)C1C(=O)NC(N2CCN(c3ccc(Cl)cc3)CC2)=NC1c1ccc(F)cc1. The molecule has 2 aliphatic rings. The molecule has 1 amide bonds. The zero-order valence-corrected chi connectivity index (χ0v) is 18.4. The fourth-order valence-electron chi connectivity index (χ4n) is 3.95. The summed E-state index contributed by atoms with van der Waals surface area (Å²) in [5.41, 5.74) is 1.66. The number of anilines is 1. The molecular weight excluding hydrogens is 435 g/mol. The van der Waals surface area contributed by atoms with Gasteiger partial charge in [0.25, 0.3) is 0 Å². The molecule has 7 nitrogen and oxygen atoms in total. The summed E-state index contributed by atoms with van der Waals surface area (Å²) < 4.78 is 18.6. The van der Waals surface area contributed by atoms with Crippen LogP contribution in [0, 0.1) is 11.7 Å². The first-order valence-electron chi connectivity index (χ1n) is 10.5. The minimum atomic E-state index is -1.13. The molecule has 0 aromatic heterocycles. The Morgan fingerprint density at radius 2 is 1.72 bits per heavy atom. The fraction of sp³-hybridized carbons (Fsp3) is 0.348. The molecule has 1 N–H and O–H groups in total. The Bertz CT molecular complexity index is 1000. The third kappa shape index (κ3) is 4.70. The van der Waals surface area contributed by atoms with Crippen molar-refractivity contribution in [2.45, 2.75) is 13.0 Å². The first-order chi connectivity index (χ1) is 15.5. The summed E-state index contributed by atoms with van der Waals surface area (Å²) in [5, 5.41) is 3.46. The van der Waals surface area contributed by atoms with Gasteiger partial charge in [-0.25, -0.2) is 9.38 Å². The van der Waals surface area contributed by atoms with Crippen LogP contribution in [0.1, 0.15) is 18.5 Å². The summed E-state index contributed by atoms with van der Waals surface area (Å²) in [6.45, 7) is 4.59. The maximum absolute atomic E-state index is 13.4. The maximum Gasteiger partial charge on any atom is 0.321 e. The van der Waals surface area contributed by atoms with Crippen molar-refractivity contribution < 1.29 is 18.7 Å². The van der Waals surface area contributed by atoms with E-state index < -0.39 is 29.7 Å². The smallest absolute Gasteiger partial charge is 0.321 e. The zero-order valence-electron chi connectivity index (χ0n) is 17.6. The molecule has 4 rings (SSSR count). The van der Waals surface area contributed by atoms with Crippen LogP contribution in [0.25, 0.3) is 0 Å². The summed E-state index contributed by atoms with van der Waals surface area (Å²) in [6.07, 6.45) is 0. The normalized spacial score (nSPS) is 21.1. The number of amides is 1. The number of esters is 1. The Morgan fingerprint density at radius 3 is 2.34 bits per heavy atom. The predicted octanol–water partition coefficient (Wildman–Crippen LogP) is 3.01. The number of ether oxygens (including phenoxy) is 1. The summed E-state index contributed by atoms with van der Waals surface area (Å²) in [5.74, 6) is -2.22. The van der Waals surface area contributed by atoms with Crippen LogP contribution >= 0.6 is 11.6 Å². The number of rotatable bonds is 4. The van der Waals surface area contributed by atoms with Gasteiger partial charge in [-0.1, -0.05) is 23.7 Å². The predicted molar refractivity (Wildman–Crippen MR) is 120 cm³/mol. The van der Waals surface area contributed by atoms with Gasteiger partial charge in [0.1, 0.15) is 11.9 Å². The number of hydrogen-bond acceptors (Lipinski definition) is 6. The third-order valence-electron chi connectivity index (χ3n) is 5.62. The fourth-order valence-corrected chi connectivity index (χ4v) is 4.08. The number of carbonyl (C=O) groups is 2. The summed E-state index contributed by atoms with van der Waals surface area (Å²) in [7, 11) is 0. The van der Waals surface area contributed by atoms with E-state index in [-0.39, 0.29) is 6.61 Å². The third-order valence-corrected chi connectivity index (χ3v) is 5.87. The number of piperazine rings is 1. The van der Waals surface area contributed by atoms with Gasteiger partial charge in [0.2, 0.25) is 11.9 Å². The van der Waals surface area contributed by atoms with Crippen molar-refractivity contribution in [3.63, 3.8) is 0 Å². The van der Waals surface area contributed by atoms with Crippen LogP contribution < -0.4 is 10.2 Å². The molecule has 0 radical (unpaired) electrons. The lowest BCUT2D eigenvalue weighted by molar-refractivity contribution is -0.153. The molecule has 0 bridgehead atoms. The van der Waals surface area contributed by atoms with Gasteiger partial charge in [-0.05, 0) is 48.9 Å². The number of hydrogen-bond donors (Lipinski definition) is 1. The summed E-state index contributed by atoms with van der Waals surface area (Å²) in [6, 6.07) is 12.6. The van der Waals surface area contributed by atoms with Gasteiger partial charge in [-0.3, -0.25) is 14.9 Å². The molecule has 32 heavy (non-hydrogen) atoms. The molecule has 1 saturated heterocycles. The second kappa shape index (κ2) is 9.56. The van der Waals surface area contributed by atoms with E-state index >= 15 is 0 Å². The molecule has 2 unspecified atom stereocenters. The standard InChI is InChI=1S/C23H24ClFN4O3/c1-2-32-22(31)19-20(15-3-7-17(25)8-4-15)26-23(27-21(19)30)29-13-11-28(12-14-29)18-9-5-16(24)6-10-18/h3-10,19-20H,2,11-14H2,1H3,(H,26,27,30). The largest absolute Gasteiger partial charge is 0.465 e. The van der Waals surface area contributed by atoms with Crippen LogP contribution in [0.2, 0.25) is 5.02 Å². The lowest BCUT2D eigenvalue weighted by atomic mass is 9.91. The topological polar surface area (TPSA) is 74.2 Å². The first kappa shape index (κ1) is 22.1. The number of nitrogens with one attached hydrogen (secondary N) is 1. The van der Waals surface area contributed by atoms with Crippen LogP contribution in [0.5, 0.6) is 0 Å². The van der Waals surface area contributed by atoms with Crippen molar-refractivity contribution in [1.29, 1.82) is 0 Å².